The second-order valence-corrected chi connectivity index (χ2v) is 4.67. The highest BCUT2D eigenvalue weighted by Crippen LogP contribution is 2.00. The van der Waals surface area contributed by atoms with Gasteiger partial charge in [-0.3, -0.25) is 0 Å². The van der Waals surface area contributed by atoms with E-state index in [4.69, 9.17) is 5.11 Å². The SMILES string of the molecule is CCN(CC)CCCC(C)NC/C=C(/C)C(=O)O. The summed E-state index contributed by atoms with van der Waals surface area (Å²) in [6, 6.07) is 0.429. The van der Waals surface area contributed by atoms with Crippen LogP contribution in [0.25, 0.3) is 0 Å². The van der Waals surface area contributed by atoms with E-state index in [1.165, 1.54) is 6.42 Å². The Labute approximate surface area is 111 Å². The molecule has 4 nitrogen and oxygen atoms in total. The molecule has 0 rings (SSSR count). The minimum Gasteiger partial charge on any atom is -0.478 e. The van der Waals surface area contributed by atoms with Crippen LogP contribution < -0.4 is 5.32 Å². The number of rotatable bonds is 10. The van der Waals surface area contributed by atoms with E-state index >= 15 is 0 Å². The van der Waals surface area contributed by atoms with Crippen molar-refractivity contribution in [2.75, 3.05) is 26.2 Å². The van der Waals surface area contributed by atoms with Gasteiger partial charge < -0.3 is 15.3 Å². The average molecular weight is 256 g/mol. The molecule has 0 spiro atoms. The maximum absolute atomic E-state index is 10.6. The molecule has 2 N–H and O–H groups in total. The summed E-state index contributed by atoms with van der Waals surface area (Å²) < 4.78 is 0. The Bertz CT molecular complexity index is 261. The highest BCUT2D eigenvalue weighted by molar-refractivity contribution is 5.85. The normalized spacial score (nSPS) is 13.9. The Kier molecular flexibility index (Phi) is 9.60. The van der Waals surface area contributed by atoms with Crippen molar-refractivity contribution < 1.29 is 9.90 Å². The van der Waals surface area contributed by atoms with E-state index in [9.17, 15) is 4.79 Å². The van der Waals surface area contributed by atoms with E-state index in [2.05, 4.69) is 31.0 Å². The first kappa shape index (κ1) is 17.1. The molecular weight excluding hydrogens is 228 g/mol. The van der Waals surface area contributed by atoms with Crippen LogP contribution in [-0.2, 0) is 4.79 Å². The third-order valence-electron chi connectivity index (χ3n) is 3.22. The molecule has 106 valence electrons. The Morgan fingerprint density at radius 3 is 2.50 bits per heavy atom. The predicted octanol–water partition coefficient (Wildman–Crippen LogP) is 2.12. The van der Waals surface area contributed by atoms with Gasteiger partial charge in [-0.1, -0.05) is 19.9 Å². The van der Waals surface area contributed by atoms with Crippen LogP contribution in [0, 0.1) is 0 Å². The molecule has 0 saturated carbocycles. The minimum absolute atomic E-state index is 0.401. The monoisotopic (exact) mass is 256 g/mol. The van der Waals surface area contributed by atoms with Gasteiger partial charge in [0.25, 0.3) is 0 Å². The Morgan fingerprint density at radius 2 is 2.00 bits per heavy atom. The summed E-state index contributed by atoms with van der Waals surface area (Å²) in [4.78, 5) is 13.0. The molecule has 0 fully saturated rings. The van der Waals surface area contributed by atoms with Crippen LogP contribution in [0.15, 0.2) is 11.6 Å². The molecule has 0 saturated heterocycles. The summed E-state index contributed by atoms with van der Waals surface area (Å²) in [7, 11) is 0. The van der Waals surface area contributed by atoms with Gasteiger partial charge in [-0.25, -0.2) is 4.79 Å². The van der Waals surface area contributed by atoms with Gasteiger partial charge in [0.15, 0.2) is 0 Å². The van der Waals surface area contributed by atoms with E-state index in [-0.39, 0.29) is 0 Å². The molecule has 1 unspecified atom stereocenters. The lowest BCUT2D eigenvalue weighted by Crippen LogP contribution is -2.29. The zero-order valence-electron chi connectivity index (χ0n) is 12.2. The zero-order chi connectivity index (χ0) is 14.0. The van der Waals surface area contributed by atoms with E-state index < -0.39 is 5.97 Å². The molecule has 0 radical (unpaired) electrons. The smallest absolute Gasteiger partial charge is 0.330 e. The van der Waals surface area contributed by atoms with Crippen molar-refractivity contribution in [2.24, 2.45) is 0 Å². The van der Waals surface area contributed by atoms with Crippen molar-refractivity contribution in [3.8, 4) is 0 Å². The lowest BCUT2D eigenvalue weighted by molar-refractivity contribution is -0.132. The third-order valence-corrected chi connectivity index (χ3v) is 3.22. The van der Waals surface area contributed by atoms with Gasteiger partial charge >= 0.3 is 5.97 Å². The summed E-state index contributed by atoms with van der Waals surface area (Å²) in [6.45, 7) is 12.1. The van der Waals surface area contributed by atoms with Crippen molar-refractivity contribution in [1.82, 2.24) is 10.2 Å². The lowest BCUT2D eigenvalue weighted by atomic mass is 10.1. The van der Waals surface area contributed by atoms with Gasteiger partial charge in [0.05, 0.1) is 0 Å². The molecule has 1 atom stereocenters. The highest BCUT2D eigenvalue weighted by Gasteiger charge is 2.03. The number of aliphatic carboxylic acids is 1. The third kappa shape index (κ3) is 8.25. The Hall–Kier alpha value is -0.870. The fraction of sp³-hybridized carbons (Fsp3) is 0.786. The van der Waals surface area contributed by atoms with Gasteiger partial charge in [0, 0.05) is 18.2 Å². The van der Waals surface area contributed by atoms with Crippen LogP contribution in [0.1, 0.15) is 40.5 Å². The number of nitrogens with one attached hydrogen (secondary N) is 1. The fourth-order valence-corrected chi connectivity index (χ4v) is 1.76. The standard InChI is InChI=1S/C14H28N2O2/c1-5-16(6-2)11-7-8-13(4)15-10-9-12(3)14(17)18/h9,13,15H,5-8,10-11H2,1-4H3,(H,17,18)/b12-9-. The van der Waals surface area contributed by atoms with Crippen molar-refractivity contribution in [2.45, 2.75) is 46.6 Å². The van der Waals surface area contributed by atoms with Crippen molar-refractivity contribution in [1.29, 1.82) is 0 Å². The first-order chi connectivity index (χ1) is 8.51. The van der Waals surface area contributed by atoms with Gasteiger partial charge in [0.1, 0.15) is 0 Å². The summed E-state index contributed by atoms with van der Waals surface area (Å²) >= 11 is 0. The van der Waals surface area contributed by atoms with Crippen LogP contribution in [-0.4, -0.2) is 48.2 Å². The lowest BCUT2D eigenvalue weighted by Gasteiger charge is -2.19. The van der Waals surface area contributed by atoms with Gasteiger partial charge in [0.2, 0.25) is 0 Å². The molecule has 0 aliphatic carbocycles. The summed E-state index contributed by atoms with van der Waals surface area (Å²) in [5.41, 5.74) is 0.401. The maximum Gasteiger partial charge on any atom is 0.330 e. The molecule has 0 aliphatic heterocycles. The number of carboxylic acids is 1. The second kappa shape index (κ2) is 10.1. The summed E-state index contributed by atoms with van der Waals surface area (Å²) in [6.07, 6.45) is 4.02. The van der Waals surface area contributed by atoms with Crippen LogP contribution in [0.5, 0.6) is 0 Å². The Balaban J connectivity index is 3.69. The topological polar surface area (TPSA) is 52.6 Å². The number of carboxylic acid groups (broad SMARTS) is 1. The van der Waals surface area contributed by atoms with Crippen molar-refractivity contribution >= 4 is 5.97 Å². The molecule has 0 bridgehead atoms. The van der Waals surface area contributed by atoms with Crippen molar-refractivity contribution in [3.05, 3.63) is 11.6 Å². The largest absolute Gasteiger partial charge is 0.478 e. The molecule has 0 amide bonds. The van der Waals surface area contributed by atoms with Crippen molar-refractivity contribution in [3.63, 3.8) is 0 Å². The van der Waals surface area contributed by atoms with Crippen LogP contribution in [0.3, 0.4) is 0 Å². The van der Waals surface area contributed by atoms with Crippen LogP contribution in [0.2, 0.25) is 0 Å². The van der Waals surface area contributed by atoms with Gasteiger partial charge in [-0.2, -0.15) is 0 Å². The average Bonchev–Trinajstić information content (AvgIpc) is 2.34. The summed E-state index contributed by atoms with van der Waals surface area (Å²) in [5, 5.41) is 12.0. The second-order valence-electron chi connectivity index (χ2n) is 4.67. The van der Waals surface area contributed by atoms with Gasteiger partial charge in [-0.05, 0) is 46.3 Å². The van der Waals surface area contributed by atoms with E-state index in [0.717, 1.165) is 26.1 Å². The number of hydrogen-bond acceptors (Lipinski definition) is 3. The first-order valence-electron chi connectivity index (χ1n) is 6.87. The molecule has 0 heterocycles. The maximum atomic E-state index is 10.6. The number of hydrogen-bond donors (Lipinski definition) is 2. The number of nitrogens with zero attached hydrogens (tertiary/aromatic N) is 1. The summed E-state index contributed by atoms with van der Waals surface area (Å²) in [5.74, 6) is -0.842. The zero-order valence-corrected chi connectivity index (χ0v) is 12.2. The van der Waals surface area contributed by atoms with Crippen LogP contribution >= 0.6 is 0 Å². The van der Waals surface area contributed by atoms with E-state index in [1.807, 2.05) is 0 Å². The van der Waals surface area contributed by atoms with Gasteiger partial charge in [-0.15, -0.1) is 0 Å². The highest BCUT2D eigenvalue weighted by atomic mass is 16.4. The first-order valence-corrected chi connectivity index (χ1v) is 6.87. The Morgan fingerprint density at radius 1 is 1.39 bits per heavy atom. The molecule has 0 aliphatic rings. The molecular formula is C14H28N2O2. The van der Waals surface area contributed by atoms with E-state index in [0.29, 0.717) is 18.2 Å². The molecule has 0 aromatic rings. The molecule has 4 heteroatoms. The number of carbonyl (C=O) groups is 1. The van der Waals surface area contributed by atoms with E-state index in [1.54, 1.807) is 13.0 Å². The molecule has 0 aromatic heterocycles. The minimum atomic E-state index is -0.842. The fourth-order valence-electron chi connectivity index (χ4n) is 1.76. The predicted molar refractivity (Wildman–Crippen MR) is 75.9 cm³/mol. The molecule has 0 aromatic carbocycles. The quantitative estimate of drug-likeness (QED) is 0.588. The van der Waals surface area contributed by atoms with Crippen LogP contribution in [0.4, 0.5) is 0 Å². The molecule has 18 heavy (non-hydrogen) atoms.